The highest BCUT2D eigenvalue weighted by Gasteiger charge is 2.21. The highest BCUT2D eigenvalue weighted by molar-refractivity contribution is 5.20. The Morgan fingerprint density at radius 1 is 1.35 bits per heavy atom. The minimum Gasteiger partial charge on any atom is -0.311 e. The van der Waals surface area contributed by atoms with Crippen molar-refractivity contribution in [2.45, 2.75) is 39.4 Å². The fourth-order valence-corrected chi connectivity index (χ4v) is 3.14. The molecule has 0 radical (unpaired) electrons. The lowest BCUT2D eigenvalue weighted by atomic mass is 10.1. The first-order valence-electron chi connectivity index (χ1n) is 9.06. The predicted molar refractivity (Wildman–Crippen MR) is 96.3 cm³/mol. The van der Waals surface area contributed by atoms with Crippen LogP contribution in [0.3, 0.4) is 0 Å². The highest BCUT2D eigenvalue weighted by Crippen LogP contribution is 2.19. The smallest absolute Gasteiger partial charge is 0.0860 e. The van der Waals surface area contributed by atoms with Crippen molar-refractivity contribution in [3.05, 3.63) is 29.6 Å². The summed E-state index contributed by atoms with van der Waals surface area (Å²) >= 11 is 0. The minimum absolute atomic E-state index is 0.339. The normalized spacial score (nSPS) is 18.9. The number of rotatable bonds is 10. The van der Waals surface area contributed by atoms with E-state index in [1.165, 1.54) is 24.9 Å². The molecule has 2 rings (SSSR count). The Kier molecular flexibility index (Phi) is 7.95. The summed E-state index contributed by atoms with van der Waals surface area (Å²) in [6.07, 6.45) is 4.76. The zero-order valence-corrected chi connectivity index (χ0v) is 15.0. The maximum Gasteiger partial charge on any atom is 0.0860 e. The Morgan fingerprint density at radius 3 is 2.87 bits per heavy atom. The summed E-state index contributed by atoms with van der Waals surface area (Å²) in [5, 5.41) is 7.05. The lowest BCUT2D eigenvalue weighted by molar-refractivity contribution is 0.296. The van der Waals surface area contributed by atoms with Crippen LogP contribution in [0.15, 0.2) is 18.3 Å². The summed E-state index contributed by atoms with van der Waals surface area (Å²) < 4.78 is 0. The van der Waals surface area contributed by atoms with E-state index < -0.39 is 0 Å². The fraction of sp³-hybridized carbons (Fsp3) is 0.722. The van der Waals surface area contributed by atoms with Gasteiger partial charge in [0.1, 0.15) is 0 Å². The minimum atomic E-state index is 0.339. The molecule has 2 heterocycles. The topological polar surface area (TPSA) is 43.4 Å². The van der Waals surface area contributed by atoms with Gasteiger partial charge in [0.2, 0.25) is 0 Å². The number of aromatic nitrogens is 1. The van der Waals surface area contributed by atoms with Gasteiger partial charge in [-0.05, 0) is 63.8 Å². The Labute approximate surface area is 141 Å². The molecule has 1 aromatic heterocycles. The van der Waals surface area contributed by atoms with Crippen LogP contribution < -0.4 is 10.6 Å². The van der Waals surface area contributed by atoms with E-state index in [0.717, 1.165) is 45.0 Å². The number of pyridine rings is 1. The molecule has 0 saturated carbocycles. The monoisotopic (exact) mass is 319 g/mol. The molecule has 130 valence electrons. The van der Waals surface area contributed by atoms with Crippen LogP contribution in [0.25, 0.3) is 0 Å². The number of nitrogens with zero attached hydrogens (tertiary/aromatic N) is 3. The van der Waals surface area contributed by atoms with E-state index >= 15 is 0 Å². The first kappa shape index (κ1) is 18.3. The third kappa shape index (κ3) is 5.84. The van der Waals surface area contributed by atoms with E-state index in [4.69, 9.17) is 0 Å². The molecule has 1 fully saturated rings. The van der Waals surface area contributed by atoms with Crippen LogP contribution in [0.5, 0.6) is 0 Å². The molecule has 1 aromatic rings. The summed E-state index contributed by atoms with van der Waals surface area (Å²) in [5.74, 6) is 0. The number of likely N-dealkylation sites (N-methyl/N-ethyl adjacent to an activating group) is 1. The molecular formula is C18H33N5. The molecular weight excluding hydrogens is 286 g/mol. The van der Waals surface area contributed by atoms with Crippen LogP contribution >= 0.6 is 0 Å². The molecule has 5 heteroatoms. The Morgan fingerprint density at radius 2 is 2.17 bits per heavy atom. The van der Waals surface area contributed by atoms with Gasteiger partial charge in [0.25, 0.3) is 0 Å². The van der Waals surface area contributed by atoms with E-state index in [1.54, 1.807) is 0 Å². The van der Waals surface area contributed by atoms with E-state index in [-0.39, 0.29) is 0 Å². The average Bonchev–Trinajstić information content (AvgIpc) is 3.01. The molecule has 1 aliphatic heterocycles. The maximum atomic E-state index is 4.49. The quantitative estimate of drug-likeness (QED) is 0.644. The summed E-state index contributed by atoms with van der Waals surface area (Å²) in [7, 11) is 2.17. The molecule has 1 aliphatic rings. The first-order chi connectivity index (χ1) is 11.2. The summed E-state index contributed by atoms with van der Waals surface area (Å²) in [5.41, 5.74) is 2.45. The molecule has 1 atom stereocenters. The summed E-state index contributed by atoms with van der Waals surface area (Å²) in [6, 6.07) is 4.34. The highest BCUT2D eigenvalue weighted by atomic mass is 15.3. The van der Waals surface area contributed by atoms with Crippen molar-refractivity contribution in [3.8, 4) is 0 Å². The van der Waals surface area contributed by atoms with Crippen molar-refractivity contribution in [2.24, 2.45) is 0 Å². The van der Waals surface area contributed by atoms with Gasteiger partial charge in [0, 0.05) is 25.8 Å². The van der Waals surface area contributed by atoms with Crippen LogP contribution in [-0.4, -0.2) is 61.1 Å². The Hall–Kier alpha value is -1.01. The second-order valence-corrected chi connectivity index (χ2v) is 6.33. The van der Waals surface area contributed by atoms with Crippen LogP contribution in [0, 0.1) is 0 Å². The standard InChI is InChI=1S/C18H33N5/c1-4-23(5-2)12-7-6-9-19-15-17-14-16(8-10-20-17)18-21-11-13-22(18)3/h8,10,14,18-19,21H,4-7,9,11-13,15H2,1-3H3. The van der Waals surface area contributed by atoms with Crippen molar-refractivity contribution in [1.29, 1.82) is 0 Å². The van der Waals surface area contributed by atoms with Gasteiger partial charge < -0.3 is 10.2 Å². The van der Waals surface area contributed by atoms with Gasteiger partial charge in [0.05, 0.1) is 11.9 Å². The lowest BCUT2D eigenvalue weighted by Gasteiger charge is -2.20. The van der Waals surface area contributed by atoms with Gasteiger partial charge in [-0.3, -0.25) is 15.2 Å². The first-order valence-corrected chi connectivity index (χ1v) is 9.06. The van der Waals surface area contributed by atoms with Gasteiger partial charge in [-0.25, -0.2) is 0 Å². The molecule has 23 heavy (non-hydrogen) atoms. The molecule has 0 bridgehead atoms. The second-order valence-electron chi connectivity index (χ2n) is 6.33. The largest absolute Gasteiger partial charge is 0.311 e. The summed E-state index contributed by atoms with van der Waals surface area (Å²) in [6.45, 7) is 12.1. The van der Waals surface area contributed by atoms with Gasteiger partial charge in [-0.15, -0.1) is 0 Å². The molecule has 0 aromatic carbocycles. The Balaban J connectivity index is 1.68. The number of hydrogen-bond acceptors (Lipinski definition) is 5. The zero-order chi connectivity index (χ0) is 16.5. The van der Waals surface area contributed by atoms with E-state index in [2.05, 4.69) is 58.4 Å². The van der Waals surface area contributed by atoms with Crippen LogP contribution in [-0.2, 0) is 6.54 Å². The van der Waals surface area contributed by atoms with Gasteiger partial charge >= 0.3 is 0 Å². The van der Waals surface area contributed by atoms with Crippen LogP contribution in [0.1, 0.15) is 44.1 Å². The maximum absolute atomic E-state index is 4.49. The molecule has 0 spiro atoms. The lowest BCUT2D eigenvalue weighted by Crippen LogP contribution is -2.25. The number of unbranched alkanes of at least 4 members (excludes halogenated alkanes) is 1. The van der Waals surface area contributed by atoms with Crippen molar-refractivity contribution < 1.29 is 0 Å². The van der Waals surface area contributed by atoms with Crippen molar-refractivity contribution in [2.75, 3.05) is 46.3 Å². The van der Waals surface area contributed by atoms with Gasteiger partial charge in [-0.2, -0.15) is 0 Å². The van der Waals surface area contributed by atoms with Crippen molar-refractivity contribution >= 4 is 0 Å². The molecule has 0 aliphatic carbocycles. The van der Waals surface area contributed by atoms with E-state index in [9.17, 15) is 0 Å². The van der Waals surface area contributed by atoms with Crippen molar-refractivity contribution in [3.63, 3.8) is 0 Å². The zero-order valence-electron chi connectivity index (χ0n) is 15.0. The third-order valence-corrected chi connectivity index (χ3v) is 4.68. The number of hydrogen-bond donors (Lipinski definition) is 2. The second kappa shape index (κ2) is 9.98. The molecule has 2 N–H and O–H groups in total. The fourth-order valence-electron chi connectivity index (χ4n) is 3.14. The van der Waals surface area contributed by atoms with Crippen LogP contribution in [0.2, 0.25) is 0 Å². The molecule has 0 amide bonds. The molecule has 1 saturated heterocycles. The number of nitrogens with one attached hydrogen (secondary N) is 2. The Bertz CT molecular complexity index is 447. The van der Waals surface area contributed by atoms with Gasteiger partial charge in [0.15, 0.2) is 0 Å². The average molecular weight is 319 g/mol. The van der Waals surface area contributed by atoms with E-state index in [0.29, 0.717) is 6.17 Å². The predicted octanol–water partition coefficient (Wildman–Crippen LogP) is 1.83. The van der Waals surface area contributed by atoms with E-state index in [1.807, 2.05) is 6.20 Å². The summed E-state index contributed by atoms with van der Waals surface area (Å²) in [4.78, 5) is 9.32. The molecule has 1 unspecified atom stereocenters. The van der Waals surface area contributed by atoms with Gasteiger partial charge in [-0.1, -0.05) is 13.8 Å². The third-order valence-electron chi connectivity index (χ3n) is 4.68. The molecule has 5 nitrogen and oxygen atoms in total. The SMILES string of the molecule is CCN(CC)CCCCNCc1cc(C2NCCN2C)ccn1. The van der Waals surface area contributed by atoms with Crippen molar-refractivity contribution in [1.82, 2.24) is 25.4 Å². The van der Waals surface area contributed by atoms with Crippen LogP contribution in [0.4, 0.5) is 0 Å².